The topological polar surface area (TPSA) is 29.3 Å². The largest absolute Gasteiger partial charge is 0.326 e. The van der Waals surface area contributed by atoms with Crippen molar-refractivity contribution in [3.05, 3.63) is 22.4 Å². The number of thiophene rings is 1. The Morgan fingerprint density at radius 1 is 1.39 bits per heavy atom. The first-order valence-corrected chi connectivity index (χ1v) is 7.99. The number of hydrogen-bond acceptors (Lipinski definition) is 3. The van der Waals surface area contributed by atoms with E-state index < -0.39 is 0 Å². The standard InChI is InChI=1S/C15H26N2S/c1-4-13(16)14(12-5-10-18-11-12)17-8-6-15(2,3)7-9-17/h5,10-11,13-14H,4,6-9,16H2,1-3H3. The van der Waals surface area contributed by atoms with Crippen LogP contribution in [0.3, 0.4) is 0 Å². The maximum absolute atomic E-state index is 6.37. The molecule has 2 unspecified atom stereocenters. The van der Waals surface area contributed by atoms with E-state index in [2.05, 4.69) is 42.5 Å². The Hall–Kier alpha value is -0.380. The SMILES string of the molecule is CCC(N)C(c1ccsc1)N1CCC(C)(C)CC1. The van der Waals surface area contributed by atoms with E-state index in [4.69, 9.17) is 5.73 Å². The summed E-state index contributed by atoms with van der Waals surface area (Å²) in [6, 6.07) is 2.91. The molecule has 1 aliphatic heterocycles. The number of hydrogen-bond donors (Lipinski definition) is 1. The maximum atomic E-state index is 6.37. The van der Waals surface area contributed by atoms with Crippen LogP contribution in [0.2, 0.25) is 0 Å². The number of likely N-dealkylation sites (tertiary alicyclic amines) is 1. The number of nitrogens with two attached hydrogens (primary N) is 1. The summed E-state index contributed by atoms with van der Waals surface area (Å²) in [7, 11) is 0. The van der Waals surface area contributed by atoms with E-state index >= 15 is 0 Å². The molecule has 1 fully saturated rings. The van der Waals surface area contributed by atoms with Crippen molar-refractivity contribution in [3.8, 4) is 0 Å². The van der Waals surface area contributed by atoms with Crippen LogP contribution in [0.4, 0.5) is 0 Å². The van der Waals surface area contributed by atoms with Gasteiger partial charge in [-0.25, -0.2) is 0 Å². The molecule has 1 aliphatic rings. The lowest BCUT2D eigenvalue weighted by atomic mass is 9.81. The third-order valence-corrected chi connectivity index (χ3v) is 5.01. The van der Waals surface area contributed by atoms with Crippen LogP contribution in [0.25, 0.3) is 0 Å². The van der Waals surface area contributed by atoms with Gasteiger partial charge in [0.2, 0.25) is 0 Å². The minimum atomic E-state index is 0.251. The first-order valence-electron chi connectivity index (χ1n) is 7.05. The summed E-state index contributed by atoms with van der Waals surface area (Å²) < 4.78 is 0. The Kier molecular flexibility index (Phi) is 4.46. The van der Waals surface area contributed by atoms with E-state index in [1.165, 1.54) is 31.5 Å². The maximum Gasteiger partial charge on any atom is 0.0507 e. The van der Waals surface area contributed by atoms with Crippen molar-refractivity contribution in [3.63, 3.8) is 0 Å². The molecule has 0 saturated carbocycles. The zero-order valence-corrected chi connectivity index (χ0v) is 12.7. The molecule has 102 valence electrons. The summed E-state index contributed by atoms with van der Waals surface area (Å²) in [6.07, 6.45) is 3.61. The molecule has 0 radical (unpaired) electrons. The van der Waals surface area contributed by atoms with E-state index in [9.17, 15) is 0 Å². The lowest BCUT2D eigenvalue weighted by Gasteiger charge is -2.42. The van der Waals surface area contributed by atoms with Crippen LogP contribution in [-0.2, 0) is 0 Å². The average molecular weight is 266 g/mol. The molecule has 1 aromatic heterocycles. The quantitative estimate of drug-likeness (QED) is 0.901. The van der Waals surface area contributed by atoms with Crippen LogP contribution in [0, 0.1) is 5.41 Å². The van der Waals surface area contributed by atoms with E-state index in [-0.39, 0.29) is 6.04 Å². The Morgan fingerprint density at radius 2 is 2.06 bits per heavy atom. The van der Waals surface area contributed by atoms with Crippen molar-refractivity contribution in [1.82, 2.24) is 4.90 Å². The van der Waals surface area contributed by atoms with E-state index in [1.54, 1.807) is 11.3 Å². The third-order valence-electron chi connectivity index (χ3n) is 4.31. The summed E-state index contributed by atoms with van der Waals surface area (Å²) in [5.41, 5.74) is 8.29. The van der Waals surface area contributed by atoms with Gasteiger partial charge >= 0.3 is 0 Å². The predicted octanol–water partition coefficient (Wildman–Crippen LogP) is 3.65. The fraction of sp³-hybridized carbons (Fsp3) is 0.733. The van der Waals surface area contributed by atoms with Crippen molar-refractivity contribution in [2.75, 3.05) is 13.1 Å². The summed E-state index contributed by atoms with van der Waals surface area (Å²) in [6.45, 7) is 9.31. The molecule has 3 heteroatoms. The molecule has 2 rings (SSSR count). The summed E-state index contributed by atoms with van der Waals surface area (Å²) >= 11 is 1.78. The van der Waals surface area contributed by atoms with Crippen molar-refractivity contribution < 1.29 is 0 Å². The molecule has 1 aromatic rings. The summed E-state index contributed by atoms with van der Waals surface area (Å²) in [5.74, 6) is 0. The number of nitrogens with zero attached hydrogens (tertiary/aromatic N) is 1. The molecule has 2 atom stereocenters. The molecule has 1 saturated heterocycles. The number of rotatable bonds is 4. The van der Waals surface area contributed by atoms with E-state index in [1.807, 2.05) is 0 Å². The van der Waals surface area contributed by atoms with E-state index in [0.717, 1.165) is 6.42 Å². The summed E-state index contributed by atoms with van der Waals surface area (Å²) in [4.78, 5) is 2.60. The van der Waals surface area contributed by atoms with Gasteiger partial charge in [-0.2, -0.15) is 11.3 Å². The molecule has 18 heavy (non-hydrogen) atoms. The molecule has 0 spiro atoms. The highest BCUT2D eigenvalue weighted by atomic mass is 32.1. The second-order valence-corrected chi connectivity index (χ2v) is 7.05. The molecule has 0 aromatic carbocycles. The Labute approximate surface area is 115 Å². The van der Waals surface area contributed by atoms with Crippen LogP contribution in [0.15, 0.2) is 16.8 Å². The van der Waals surface area contributed by atoms with Gasteiger partial charge < -0.3 is 5.73 Å². The van der Waals surface area contributed by atoms with Gasteiger partial charge in [-0.3, -0.25) is 4.90 Å². The zero-order valence-electron chi connectivity index (χ0n) is 11.9. The molecule has 0 amide bonds. The zero-order chi connectivity index (χ0) is 13.2. The van der Waals surface area contributed by atoms with Crippen molar-refractivity contribution in [2.24, 2.45) is 11.1 Å². The average Bonchev–Trinajstić information content (AvgIpc) is 2.85. The minimum Gasteiger partial charge on any atom is -0.326 e. The Balaban J connectivity index is 2.11. The minimum absolute atomic E-state index is 0.251. The normalized spacial score (nSPS) is 23.8. The van der Waals surface area contributed by atoms with Crippen LogP contribution >= 0.6 is 11.3 Å². The molecule has 2 nitrogen and oxygen atoms in total. The van der Waals surface area contributed by atoms with Gasteiger partial charge in [0.05, 0.1) is 6.04 Å². The van der Waals surface area contributed by atoms with Gasteiger partial charge in [-0.15, -0.1) is 0 Å². The fourth-order valence-electron chi connectivity index (χ4n) is 2.80. The van der Waals surface area contributed by atoms with Gasteiger partial charge in [0.15, 0.2) is 0 Å². The molecular weight excluding hydrogens is 240 g/mol. The van der Waals surface area contributed by atoms with Crippen LogP contribution in [0.1, 0.15) is 51.6 Å². The van der Waals surface area contributed by atoms with Gasteiger partial charge in [0.1, 0.15) is 0 Å². The van der Waals surface area contributed by atoms with Gasteiger partial charge in [-0.05, 0) is 60.2 Å². The van der Waals surface area contributed by atoms with Gasteiger partial charge in [-0.1, -0.05) is 20.8 Å². The highest BCUT2D eigenvalue weighted by Gasteiger charge is 2.32. The number of piperidine rings is 1. The molecule has 2 N–H and O–H groups in total. The van der Waals surface area contributed by atoms with Crippen LogP contribution < -0.4 is 5.73 Å². The van der Waals surface area contributed by atoms with Gasteiger partial charge in [0.25, 0.3) is 0 Å². The second-order valence-electron chi connectivity index (χ2n) is 6.27. The molecular formula is C15H26N2S. The first-order chi connectivity index (χ1) is 8.53. The van der Waals surface area contributed by atoms with Crippen molar-refractivity contribution in [2.45, 2.75) is 52.1 Å². The lowest BCUT2D eigenvalue weighted by Crippen LogP contribution is -2.46. The predicted molar refractivity (Wildman–Crippen MR) is 79.9 cm³/mol. The Morgan fingerprint density at radius 3 is 2.56 bits per heavy atom. The van der Waals surface area contributed by atoms with Crippen LogP contribution in [-0.4, -0.2) is 24.0 Å². The highest BCUT2D eigenvalue weighted by Crippen LogP contribution is 2.35. The lowest BCUT2D eigenvalue weighted by molar-refractivity contribution is 0.0811. The van der Waals surface area contributed by atoms with Crippen LogP contribution in [0.5, 0.6) is 0 Å². The Bertz CT molecular complexity index is 349. The van der Waals surface area contributed by atoms with Crippen molar-refractivity contribution >= 4 is 11.3 Å². The summed E-state index contributed by atoms with van der Waals surface area (Å²) in [5, 5.41) is 4.43. The smallest absolute Gasteiger partial charge is 0.0507 e. The molecule has 2 heterocycles. The monoisotopic (exact) mass is 266 g/mol. The fourth-order valence-corrected chi connectivity index (χ4v) is 3.49. The van der Waals surface area contributed by atoms with Gasteiger partial charge in [0, 0.05) is 6.04 Å². The highest BCUT2D eigenvalue weighted by molar-refractivity contribution is 7.07. The van der Waals surface area contributed by atoms with E-state index in [0.29, 0.717) is 11.5 Å². The molecule has 0 aliphatic carbocycles. The first kappa shape index (κ1) is 14.0. The van der Waals surface area contributed by atoms with Crippen molar-refractivity contribution in [1.29, 1.82) is 0 Å². The molecule has 0 bridgehead atoms. The second kappa shape index (κ2) is 5.72. The third kappa shape index (κ3) is 3.14.